The Morgan fingerprint density at radius 3 is 2.30 bits per heavy atom. The Morgan fingerprint density at radius 1 is 1.25 bits per heavy atom. The van der Waals surface area contributed by atoms with Crippen LogP contribution in [0.1, 0.15) is 5.56 Å². The Hall–Kier alpha value is -0.150. The molecule has 0 amide bonds. The minimum absolute atomic E-state index is 0.0855. The minimum Gasteiger partial charge on any atom is -0.229 e. The molecule has 0 aliphatic rings. The van der Waals surface area contributed by atoms with Crippen LogP contribution in [0.4, 0.5) is 0 Å². The first kappa shape index (κ1) is 17.9. The molecule has 0 saturated carbocycles. The summed E-state index contributed by atoms with van der Waals surface area (Å²) in [5, 5.41) is 0. The molecule has 0 heterocycles. The third-order valence-electron chi connectivity index (χ3n) is 2.62. The van der Waals surface area contributed by atoms with Gasteiger partial charge in [0.05, 0.1) is 10.6 Å². The summed E-state index contributed by atoms with van der Waals surface area (Å²) in [5.74, 6) is 0.0585. The van der Waals surface area contributed by atoms with E-state index in [4.69, 9.17) is 11.6 Å². The summed E-state index contributed by atoms with van der Waals surface area (Å²) >= 11 is 8.88. The largest absolute Gasteiger partial charge is 0.243 e. The zero-order valence-corrected chi connectivity index (χ0v) is 15.0. The van der Waals surface area contributed by atoms with Gasteiger partial charge in [-0.15, -0.1) is 11.6 Å². The van der Waals surface area contributed by atoms with Crippen molar-refractivity contribution in [2.45, 2.75) is 10.8 Å². The topological polar surface area (TPSA) is 71.5 Å². The first-order chi connectivity index (χ1) is 9.08. The highest BCUT2D eigenvalue weighted by Crippen LogP contribution is 2.26. The smallest absolute Gasteiger partial charge is 0.229 e. The molecule has 1 aromatic carbocycles. The third-order valence-corrected chi connectivity index (χ3v) is 6.68. The maximum atomic E-state index is 12.3. The van der Waals surface area contributed by atoms with Gasteiger partial charge in [-0.1, -0.05) is 6.07 Å². The molecule has 5 nitrogen and oxygen atoms in total. The lowest BCUT2D eigenvalue weighted by Crippen LogP contribution is -2.31. The molecule has 0 N–H and O–H groups in total. The lowest BCUT2D eigenvalue weighted by molar-refractivity contribution is 0.484. The van der Waals surface area contributed by atoms with Crippen LogP contribution in [0.3, 0.4) is 0 Å². The number of benzene rings is 1. The molecule has 0 fully saturated rings. The van der Waals surface area contributed by atoms with E-state index in [-0.39, 0.29) is 23.1 Å². The molecule has 0 saturated heterocycles. The quantitative estimate of drug-likeness (QED) is 0.678. The van der Waals surface area contributed by atoms with Crippen LogP contribution in [0.25, 0.3) is 0 Å². The van der Waals surface area contributed by atoms with E-state index >= 15 is 0 Å². The molecule has 114 valence electrons. The second-order valence-corrected chi connectivity index (χ2v) is 9.75. The fourth-order valence-electron chi connectivity index (χ4n) is 1.42. The Bertz CT molecular complexity index is 688. The van der Waals surface area contributed by atoms with Crippen molar-refractivity contribution in [3.05, 3.63) is 28.2 Å². The van der Waals surface area contributed by atoms with Crippen LogP contribution in [0.2, 0.25) is 0 Å². The number of rotatable bonds is 6. The van der Waals surface area contributed by atoms with Crippen molar-refractivity contribution < 1.29 is 16.8 Å². The summed E-state index contributed by atoms with van der Waals surface area (Å²) in [6.07, 6.45) is 1.07. The molecule has 1 aromatic rings. The molecule has 0 aliphatic heterocycles. The van der Waals surface area contributed by atoms with Crippen molar-refractivity contribution in [2.24, 2.45) is 0 Å². The van der Waals surface area contributed by atoms with Gasteiger partial charge in [-0.2, -0.15) is 4.31 Å². The van der Waals surface area contributed by atoms with Crippen molar-refractivity contribution in [1.29, 1.82) is 0 Å². The van der Waals surface area contributed by atoms with Crippen molar-refractivity contribution in [3.8, 4) is 0 Å². The van der Waals surface area contributed by atoms with Crippen molar-refractivity contribution >= 4 is 47.4 Å². The summed E-state index contributed by atoms with van der Waals surface area (Å²) in [5.41, 5.74) is 0.788. The van der Waals surface area contributed by atoms with Crippen molar-refractivity contribution in [1.82, 2.24) is 4.31 Å². The summed E-state index contributed by atoms with van der Waals surface area (Å²) in [6.45, 7) is -0.0924. The maximum absolute atomic E-state index is 12.3. The van der Waals surface area contributed by atoms with Gasteiger partial charge in [0.15, 0.2) is 0 Å². The average Bonchev–Trinajstić information content (AvgIpc) is 2.34. The maximum Gasteiger partial charge on any atom is 0.243 e. The molecule has 0 atom stereocenters. The molecule has 0 spiro atoms. The van der Waals surface area contributed by atoms with Crippen LogP contribution in [0, 0.1) is 0 Å². The molecule has 0 aliphatic carbocycles. The van der Waals surface area contributed by atoms with Crippen molar-refractivity contribution in [3.63, 3.8) is 0 Å². The SMILES string of the molecule is CN(CCS(C)(=O)=O)S(=O)(=O)c1ccc(CCl)cc1Br. The fourth-order valence-corrected chi connectivity index (χ4v) is 4.56. The number of hydrogen-bond acceptors (Lipinski definition) is 4. The summed E-state index contributed by atoms with van der Waals surface area (Å²) in [4.78, 5) is 0.0855. The predicted molar refractivity (Wildman–Crippen MR) is 83.2 cm³/mol. The zero-order valence-electron chi connectivity index (χ0n) is 11.0. The normalized spacial score (nSPS) is 12.8. The van der Waals surface area contributed by atoms with Crippen LogP contribution in [-0.2, 0) is 25.7 Å². The van der Waals surface area contributed by atoms with E-state index in [1.54, 1.807) is 12.1 Å². The van der Waals surface area contributed by atoms with Crippen LogP contribution in [-0.4, -0.2) is 46.7 Å². The number of hydrogen-bond donors (Lipinski definition) is 0. The first-order valence-electron chi connectivity index (χ1n) is 5.56. The number of nitrogens with zero attached hydrogens (tertiary/aromatic N) is 1. The van der Waals surface area contributed by atoms with Crippen LogP contribution < -0.4 is 0 Å². The Balaban J connectivity index is 3.04. The molecule has 0 aromatic heterocycles. The molecule has 9 heteroatoms. The van der Waals surface area contributed by atoms with E-state index in [0.29, 0.717) is 4.47 Å². The van der Waals surface area contributed by atoms with Gasteiger partial charge in [-0.05, 0) is 33.6 Å². The van der Waals surface area contributed by atoms with Gasteiger partial charge >= 0.3 is 0 Å². The van der Waals surface area contributed by atoms with E-state index in [0.717, 1.165) is 16.1 Å². The van der Waals surface area contributed by atoms with E-state index in [1.165, 1.54) is 13.1 Å². The predicted octanol–water partition coefficient (Wildman–Crippen LogP) is 1.85. The summed E-state index contributed by atoms with van der Waals surface area (Å²) in [6, 6.07) is 4.70. The monoisotopic (exact) mass is 403 g/mol. The molecular formula is C11H15BrClNO4S2. The first-order valence-corrected chi connectivity index (χ1v) is 10.4. The summed E-state index contributed by atoms with van der Waals surface area (Å²) < 4.78 is 48.3. The van der Waals surface area contributed by atoms with E-state index < -0.39 is 19.9 Å². The second-order valence-electron chi connectivity index (χ2n) is 4.35. The number of sulfone groups is 1. The number of halogens is 2. The van der Waals surface area contributed by atoms with Gasteiger partial charge < -0.3 is 0 Å². The van der Waals surface area contributed by atoms with Crippen LogP contribution >= 0.6 is 27.5 Å². The molecule has 0 bridgehead atoms. The molecule has 0 unspecified atom stereocenters. The van der Waals surface area contributed by atoms with E-state index in [1.807, 2.05) is 0 Å². The highest BCUT2D eigenvalue weighted by Gasteiger charge is 2.24. The zero-order chi connectivity index (χ0) is 15.6. The van der Waals surface area contributed by atoms with Gasteiger partial charge in [0.1, 0.15) is 9.84 Å². The Kier molecular flexibility index (Phi) is 6.03. The Morgan fingerprint density at radius 2 is 1.85 bits per heavy atom. The highest BCUT2D eigenvalue weighted by atomic mass is 79.9. The molecular weight excluding hydrogens is 390 g/mol. The minimum atomic E-state index is -3.74. The van der Waals surface area contributed by atoms with Gasteiger partial charge in [-0.3, -0.25) is 0 Å². The van der Waals surface area contributed by atoms with Crippen LogP contribution in [0.5, 0.6) is 0 Å². The van der Waals surface area contributed by atoms with Gasteiger partial charge in [0.2, 0.25) is 10.0 Å². The lowest BCUT2D eigenvalue weighted by Gasteiger charge is -2.17. The van der Waals surface area contributed by atoms with E-state index in [9.17, 15) is 16.8 Å². The van der Waals surface area contributed by atoms with Crippen LogP contribution in [0.15, 0.2) is 27.6 Å². The highest BCUT2D eigenvalue weighted by molar-refractivity contribution is 9.10. The standard InChI is InChI=1S/C11H15BrClNO4S2/c1-14(5-6-19(2,15)16)20(17,18)11-4-3-9(8-13)7-10(11)12/h3-4,7H,5-6,8H2,1-2H3. The average molecular weight is 405 g/mol. The number of alkyl halides is 1. The van der Waals surface area contributed by atoms with Gasteiger partial charge in [0, 0.05) is 30.2 Å². The van der Waals surface area contributed by atoms with Gasteiger partial charge in [0.25, 0.3) is 0 Å². The summed E-state index contributed by atoms with van der Waals surface area (Å²) in [7, 11) is -5.61. The molecule has 0 radical (unpaired) electrons. The third kappa shape index (κ3) is 4.70. The van der Waals surface area contributed by atoms with E-state index in [2.05, 4.69) is 15.9 Å². The second kappa shape index (κ2) is 6.74. The lowest BCUT2D eigenvalue weighted by atomic mass is 10.2. The molecule has 20 heavy (non-hydrogen) atoms. The molecule has 1 rings (SSSR count). The van der Waals surface area contributed by atoms with Crippen molar-refractivity contribution in [2.75, 3.05) is 25.6 Å². The van der Waals surface area contributed by atoms with Gasteiger partial charge in [-0.25, -0.2) is 16.8 Å². The Labute approximate surface area is 133 Å². The number of sulfonamides is 1. The fraction of sp³-hybridized carbons (Fsp3) is 0.455.